The van der Waals surface area contributed by atoms with Crippen LogP contribution in [-0.4, -0.2) is 25.7 Å². The van der Waals surface area contributed by atoms with Gasteiger partial charge >= 0.3 is 0 Å². The number of amides is 1. The van der Waals surface area contributed by atoms with Gasteiger partial charge in [-0.15, -0.1) is 0 Å². The summed E-state index contributed by atoms with van der Waals surface area (Å²) >= 11 is 0. The standard InChI is InChI=1S/C13H16O.C4H9NO.C3H7N/c1-3-5-10-14-11-13-8-6-12(4-2)7-9-13;1-3-5-4(2)6;1-3-4-2/h3,5-10H,1,4,11H2,2H3;3H2,1-2H3,(H,5,6);3H,1-2H3/b10-5+;;. The molecular formula is C20H32N2O2. The maximum absolute atomic E-state index is 9.93. The minimum Gasteiger partial charge on any atom is -0.497 e. The molecule has 0 aliphatic rings. The monoisotopic (exact) mass is 332 g/mol. The Morgan fingerprint density at radius 2 is 1.79 bits per heavy atom. The van der Waals surface area contributed by atoms with E-state index >= 15 is 0 Å². The van der Waals surface area contributed by atoms with Crippen molar-refractivity contribution in [2.75, 3.05) is 13.6 Å². The number of benzene rings is 1. The molecule has 0 saturated heterocycles. The van der Waals surface area contributed by atoms with Crippen molar-refractivity contribution in [1.82, 2.24) is 5.32 Å². The molecule has 0 radical (unpaired) electrons. The Morgan fingerprint density at radius 3 is 2.12 bits per heavy atom. The molecule has 0 unspecified atom stereocenters. The lowest BCUT2D eigenvalue weighted by Gasteiger charge is -2.02. The number of nitrogens with zero attached hydrogens (tertiary/aromatic N) is 1. The lowest BCUT2D eigenvalue weighted by Crippen LogP contribution is -2.18. The van der Waals surface area contributed by atoms with Crippen LogP contribution >= 0.6 is 0 Å². The van der Waals surface area contributed by atoms with E-state index in [9.17, 15) is 4.79 Å². The lowest BCUT2D eigenvalue weighted by atomic mass is 10.1. The number of rotatable bonds is 6. The number of aliphatic imine (C=N–C) groups is 1. The van der Waals surface area contributed by atoms with Crippen molar-refractivity contribution >= 4 is 12.1 Å². The van der Waals surface area contributed by atoms with Gasteiger partial charge in [0.1, 0.15) is 6.61 Å². The molecule has 0 aromatic heterocycles. The molecule has 0 aliphatic carbocycles. The summed E-state index contributed by atoms with van der Waals surface area (Å²) in [5, 5.41) is 2.57. The molecule has 1 aromatic rings. The molecule has 4 nitrogen and oxygen atoms in total. The maximum Gasteiger partial charge on any atom is 0.216 e. The molecule has 1 aromatic carbocycles. The van der Waals surface area contributed by atoms with Crippen molar-refractivity contribution in [3.8, 4) is 0 Å². The van der Waals surface area contributed by atoms with Gasteiger partial charge in [-0.3, -0.25) is 4.79 Å². The largest absolute Gasteiger partial charge is 0.497 e. The minimum absolute atomic E-state index is 0.0394. The van der Waals surface area contributed by atoms with Crippen LogP contribution in [0.3, 0.4) is 0 Å². The van der Waals surface area contributed by atoms with E-state index in [4.69, 9.17) is 4.74 Å². The highest BCUT2D eigenvalue weighted by Crippen LogP contribution is 2.06. The zero-order valence-corrected chi connectivity index (χ0v) is 15.7. The molecule has 0 aliphatic heterocycles. The third kappa shape index (κ3) is 17.7. The Hall–Kier alpha value is -2.36. The second kappa shape index (κ2) is 18.7. The van der Waals surface area contributed by atoms with E-state index in [0.717, 1.165) is 13.0 Å². The highest BCUT2D eigenvalue weighted by atomic mass is 16.5. The normalized spacial score (nSPS) is 9.54. The first-order valence-electron chi connectivity index (χ1n) is 8.13. The molecule has 0 fully saturated rings. The first kappa shape index (κ1) is 23.9. The number of ether oxygens (including phenoxy) is 1. The molecule has 0 heterocycles. The number of nitrogens with one attached hydrogen (secondary N) is 1. The van der Waals surface area contributed by atoms with Gasteiger partial charge in [-0.25, -0.2) is 0 Å². The van der Waals surface area contributed by atoms with E-state index < -0.39 is 0 Å². The Labute approximate surface area is 147 Å². The molecule has 1 rings (SSSR count). The smallest absolute Gasteiger partial charge is 0.216 e. The van der Waals surface area contributed by atoms with Gasteiger partial charge in [0.15, 0.2) is 0 Å². The van der Waals surface area contributed by atoms with Crippen molar-refractivity contribution in [3.63, 3.8) is 0 Å². The van der Waals surface area contributed by atoms with E-state index in [-0.39, 0.29) is 5.91 Å². The van der Waals surface area contributed by atoms with Gasteiger partial charge in [-0.1, -0.05) is 43.8 Å². The van der Waals surface area contributed by atoms with Crippen molar-refractivity contribution in [3.05, 3.63) is 60.4 Å². The van der Waals surface area contributed by atoms with Crippen LogP contribution < -0.4 is 5.32 Å². The van der Waals surface area contributed by atoms with E-state index in [2.05, 4.69) is 48.1 Å². The van der Waals surface area contributed by atoms with Crippen LogP contribution in [0.15, 0.2) is 54.3 Å². The fourth-order valence-corrected chi connectivity index (χ4v) is 1.38. The van der Waals surface area contributed by atoms with Gasteiger partial charge in [0.25, 0.3) is 0 Å². The summed E-state index contributed by atoms with van der Waals surface area (Å²) in [7, 11) is 1.75. The average molecular weight is 332 g/mol. The van der Waals surface area contributed by atoms with E-state index in [1.54, 1.807) is 31.7 Å². The van der Waals surface area contributed by atoms with Gasteiger partial charge in [0.05, 0.1) is 6.26 Å². The fourth-order valence-electron chi connectivity index (χ4n) is 1.38. The van der Waals surface area contributed by atoms with Crippen LogP contribution in [0.2, 0.25) is 0 Å². The van der Waals surface area contributed by atoms with Gasteiger partial charge in [0, 0.05) is 20.5 Å². The molecule has 1 amide bonds. The molecule has 1 N–H and O–H groups in total. The topological polar surface area (TPSA) is 50.7 Å². The van der Waals surface area contributed by atoms with Crippen LogP contribution in [0, 0.1) is 0 Å². The summed E-state index contributed by atoms with van der Waals surface area (Å²) in [6, 6.07) is 8.47. The molecule has 0 spiro atoms. The van der Waals surface area contributed by atoms with Crippen molar-refractivity contribution in [2.24, 2.45) is 4.99 Å². The van der Waals surface area contributed by atoms with Crippen LogP contribution in [0.5, 0.6) is 0 Å². The highest BCUT2D eigenvalue weighted by Gasteiger charge is 1.91. The summed E-state index contributed by atoms with van der Waals surface area (Å²) in [5.74, 6) is 0.0394. The number of hydrogen-bond acceptors (Lipinski definition) is 3. The van der Waals surface area contributed by atoms with Crippen molar-refractivity contribution in [2.45, 2.75) is 40.7 Å². The summed E-state index contributed by atoms with van der Waals surface area (Å²) in [6.07, 6.45) is 7.96. The third-order valence-corrected chi connectivity index (χ3v) is 2.68. The number of hydrogen-bond donors (Lipinski definition) is 1. The number of aryl methyl sites for hydroxylation is 1. The summed E-state index contributed by atoms with van der Waals surface area (Å²) in [6.45, 7) is 12.3. The third-order valence-electron chi connectivity index (χ3n) is 2.68. The Balaban J connectivity index is 0. The van der Waals surface area contributed by atoms with E-state index in [1.807, 2.05) is 13.8 Å². The lowest BCUT2D eigenvalue weighted by molar-refractivity contribution is -0.118. The SMILES string of the molecule is C=C/C=C/OCc1ccc(CC)cc1.CC=NC.CCNC(C)=O. The molecule has 4 heteroatoms. The maximum atomic E-state index is 9.93. The minimum atomic E-state index is 0.0394. The first-order valence-corrected chi connectivity index (χ1v) is 8.13. The van der Waals surface area contributed by atoms with Crippen molar-refractivity contribution in [1.29, 1.82) is 0 Å². The highest BCUT2D eigenvalue weighted by molar-refractivity contribution is 5.72. The molecule has 134 valence electrons. The van der Waals surface area contributed by atoms with Gasteiger partial charge in [-0.05, 0) is 43.7 Å². The van der Waals surface area contributed by atoms with Gasteiger partial charge < -0.3 is 15.0 Å². The molecule has 0 atom stereocenters. The quantitative estimate of drug-likeness (QED) is 0.479. The fraction of sp³-hybridized carbons (Fsp3) is 0.400. The number of allylic oxidation sites excluding steroid dienone is 2. The molecular weight excluding hydrogens is 300 g/mol. The first-order chi connectivity index (χ1) is 11.5. The summed E-state index contributed by atoms with van der Waals surface area (Å²) in [5.41, 5.74) is 2.55. The van der Waals surface area contributed by atoms with Gasteiger partial charge in [0.2, 0.25) is 5.91 Å². The van der Waals surface area contributed by atoms with Crippen LogP contribution in [0.1, 0.15) is 38.8 Å². The molecule has 24 heavy (non-hydrogen) atoms. The van der Waals surface area contributed by atoms with Gasteiger partial charge in [-0.2, -0.15) is 0 Å². The van der Waals surface area contributed by atoms with E-state index in [1.165, 1.54) is 18.1 Å². The second-order valence-electron chi connectivity index (χ2n) is 4.65. The zero-order valence-electron chi connectivity index (χ0n) is 15.7. The Morgan fingerprint density at radius 1 is 1.25 bits per heavy atom. The Bertz CT molecular complexity index is 473. The average Bonchev–Trinajstić information content (AvgIpc) is 2.60. The zero-order chi connectivity index (χ0) is 18.6. The number of carbonyl (C=O) groups is 1. The Kier molecular flexibility index (Phi) is 18.6. The molecule has 0 saturated carbocycles. The van der Waals surface area contributed by atoms with E-state index in [0.29, 0.717) is 6.61 Å². The van der Waals surface area contributed by atoms with Crippen molar-refractivity contribution < 1.29 is 9.53 Å². The second-order valence-corrected chi connectivity index (χ2v) is 4.65. The number of carbonyl (C=O) groups excluding carboxylic acids is 1. The summed E-state index contributed by atoms with van der Waals surface area (Å²) < 4.78 is 5.28. The van der Waals surface area contributed by atoms with Crippen LogP contribution in [-0.2, 0) is 22.6 Å². The van der Waals surface area contributed by atoms with Crippen LogP contribution in [0.25, 0.3) is 0 Å². The predicted octanol–water partition coefficient (Wildman–Crippen LogP) is 4.31. The summed E-state index contributed by atoms with van der Waals surface area (Å²) in [4.78, 5) is 13.5. The molecule has 0 bridgehead atoms. The predicted molar refractivity (Wildman–Crippen MR) is 104 cm³/mol. The van der Waals surface area contributed by atoms with Crippen LogP contribution in [0.4, 0.5) is 0 Å².